The van der Waals surface area contributed by atoms with Crippen molar-refractivity contribution < 1.29 is 28.7 Å². The lowest BCUT2D eigenvalue weighted by atomic mass is 9.97. The van der Waals surface area contributed by atoms with Gasteiger partial charge in [-0.1, -0.05) is 49.6 Å². The summed E-state index contributed by atoms with van der Waals surface area (Å²) in [6.45, 7) is 14.7. The number of carbonyl (C=O) groups is 4. The minimum atomic E-state index is -1.19. The van der Waals surface area contributed by atoms with E-state index in [4.69, 9.17) is 15.9 Å². The van der Waals surface area contributed by atoms with Crippen LogP contribution in [0.1, 0.15) is 77.1 Å². The highest BCUT2D eigenvalue weighted by atomic mass is 16.6. The monoisotopic (exact) mass is 515 g/mol. The summed E-state index contributed by atoms with van der Waals surface area (Å²) in [6.07, 6.45) is 5.29. The van der Waals surface area contributed by atoms with Crippen molar-refractivity contribution >= 4 is 23.9 Å². The number of alkyl carbamates (subject to hydrolysis) is 1. The Morgan fingerprint density at radius 3 is 2.16 bits per heavy atom. The molecule has 0 heterocycles. The topological polar surface area (TPSA) is 114 Å². The van der Waals surface area contributed by atoms with Crippen LogP contribution < -0.4 is 10.6 Å². The summed E-state index contributed by atoms with van der Waals surface area (Å²) in [4.78, 5) is 52.4. The first-order valence-corrected chi connectivity index (χ1v) is 12.5. The lowest BCUT2D eigenvalue weighted by Gasteiger charge is -2.31. The van der Waals surface area contributed by atoms with Crippen LogP contribution in [-0.2, 0) is 23.9 Å². The van der Waals surface area contributed by atoms with E-state index in [1.807, 2.05) is 33.8 Å². The second-order valence-corrected chi connectivity index (χ2v) is 10.3. The first-order chi connectivity index (χ1) is 17.2. The molecule has 3 amide bonds. The zero-order valence-corrected chi connectivity index (χ0v) is 23.3. The molecule has 1 rings (SSSR count). The summed E-state index contributed by atoms with van der Waals surface area (Å²) in [7, 11) is 0. The average Bonchev–Trinajstić information content (AvgIpc) is 2.74. The van der Waals surface area contributed by atoms with Crippen LogP contribution in [0.5, 0.6) is 0 Å². The molecule has 2 unspecified atom stereocenters. The third-order valence-corrected chi connectivity index (χ3v) is 5.07. The van der Waals surface area contributed by atoms with Gasteiger partial charge in [0.2, 0.25) is 5.91 Å². The van der Waals surface area contributed by atoms with Gasteiger partial charge in [0, 0.05) is 12.6 Å². The van der Waals surface area contributed by atoms with Gasteiger partial charge in [0.05, 0.1) is 13.0 Å². The largest absolute Gasteiger partial charge is 0.466 e. The molecule has 2 atom stereocenters. The van der Waals surface area contributed by atoms with E-state index in [1.54, 1.807) is 39.8 Å². The fourth-order valence-corrected chi connectivity index (χ4v) is 3.78. The Morgan fingerprint density at radius 1 is 1.08 bits per heavy atom. The van der Waals surface area contributed by atoms with E-state index in [1.165, 1.54) is 0 Å². The molecule has 0 aliphatic rings. The van der Waals surface area contributed by atoms with Crippen LogP contribution in [0, 0.1) is 32.2 Å². The first kappa shape index (κ1) is 31.5. The predicted octanol–water partition coefficient (Wildman–Crippen LogP) is 3.77. The summed E-state index contributed by atoms with van der Waals surface area (Å²) < 4.78 is 10.2. The van der Waals surface area contributed by atoms with E-state index >= 15 is 0 Å². The summed E-state index contributed by atoms with van der Waals surface area (Å²) in [6, 6.07) is 5.64. The Bertz CT molecular complexity index is 986. The van der Waals surface area contributed by atoms with Crippen molar-refractivity contribution in [2.45, 2.75) is 85.9 Å². The van der Waals surface area contributed by atoms with E-state index in [0.717, 1.165) is 16.0 Å². The molecule has 0 saturated heterocycles. The lowest BCUT2D eigenvalue weighted by molar-refractivity contribution is -0.143. The van der Waals surface area contributed by atoms with Crippen molar-refractivity contribution in [1.82, 2.24) is 15.5 Å². The quantitative estimate of drug-likeness (QED) is 0.263. The fourth-order valence-electron chi connectivity index (χ4n) is 3.78. The molecule has 204 valence electrons. The zero-order valence-electron chi connectivity index (χ0n) is 23.3. The Kier molecular flexibility index (Phi) is 12.1. The molecule has 2 N–H and O–H groups in total. The standard InChI is InChI=1S/C28H41N3O6/c1-10-31(26(34)22(14-18(3)4)30-27(35)37-28(7,8)9)24(21-16-19(5)15-20(6)17-21)25(33)29-13-12-23(32)36-11-2/h1,15-18,22,24H,11-14H2,2-9H3,(H,29,33)(H,30,35). The van der Waals surface area contributed by atoms with Crippen molar-refractivity contribution in [3.05, 3.63) is 34.9 Å². The molecule has 0 aromatic heterocycles. The number of benzene rings is 1. The lowest BCUT2D eigenvalue weighted by Crippen LogP contribution is -2.52. The predicted molar refractivity (Wildman–Crippen MR) is 141 cm³/mol. The number of hydrogen-bond acceptors (Lipinski definition) is 6. The maximum absolute atomic E-state index is 13.7. The van der Waals surface area contributed by atoms with Crippen LogP contribution >= 0.6 is 0 Å². The molecule has 37 heavy (non-hydrogen) atoms. The molecule has 1 aromatic rings. The van der Waals surface area contributed by atoms with Crippen molar-refractivity contribution in [3.63, 3.8) is 0 Å². The summed E-state index contributed by atoms with van der Waals surface area (Å²) in [5.41, 5.74) is 1.52. The SMILES string of the molecule is C#CN(C(=O)C(CC(C)C)NC(=O)OC(C)(C)C)C(C(=O)NCCC(=O)OCC)c1cc(C)cc(C)c1. The number of esters is 1. The van der Waals surface area contributed by atoms with Crippen molar-refractivity contribution in [2.24, 2.45) is 5.92 Å². The van der Waals surface area contributed by atoms with Gasteiger partial charge in [0.15, 0.2) is 0 Å². The number of nitrogens with zero attached hydrogens (tertiary/aromatic N) is 1. The molecule has 0 radical (unpaired) electrons. The van der Waals surface area contributed by atoms with E-state index in [2.05, 4.69) is 16.7 Å². The number of amides is 3. The molecular weight excluding hydrogens is 474 g/mol. The van der Waals surface area contributed by atoms with Gasteiger partial charge in [-0.2, -0.15) is 0 Å². The smallest absolute Gasteiger partial charge is 0.408 e. The van der Waals surface area contributed by atoms with E-state index in [0.29, 0.717) is 5.56 Å². The highest BCUT2D eigenvalue weighted by Gasteiger charge is 2.36. The molecule has 0 spiro atoms. The van der Waals surface area contributed by atoms with Crippen LogP contribution in [0.4, 0.5) is 4.79 Å². The molecule has 0 aliphatic carbocycles. The Balaban J connectivity index is 3.36. The average molecular weight is 516 g/mol. The van der Waals surface area contributed by atoms with Crippen LogP contribution in [0.25, 0.3) is 0 Å². The molecule has 9 heteroatoms. The first-order valence-electron chi connectivity index (χ1n) is 12.5. The van der Waals surface area contributed by atoms with Gasteiger partial charge in [0.25, 0.3) is 5.91 Å². The van der Waals surface area contributed by atoms with E-state index < -0.39 is 41.6 Å². The van der Waals surface area contributed by atoms with E-state index in [-0.39, 0.29) is 31.9 Å². The van der Waals surface area contributed by atoms with Crippen LogP contribution in [0.2, 0.25) is 0 Å². The van der Waals surface area contributed by atoms with Gasteiger partial charge < -0.3 is 20.1 Å². The van der Waals surface area contributed by atoms with E-state index in [9.17, 15) is 19.2 Å². The Hall–Kier alpha value is -3.54. The molecular formula is C28H41N3O6. The number of carbonyl (C=O) groups excluding carboxylic acids is 4. The molecule has 0 aliphatic heterocycles. The number of ether oxygens (including phenoxy) is 2. The van der Waals surface area contributed by atoms with Gasteiger partial charge >= 0.3 is 12.1 Å². The third kappa shape index (κ3) is 10.9. The second kappa shape index (κ2) is 14.3. The molecule has 0 saturated carbocycles. The van der Waals surface area contributed by atoms with Crippen molar-refractivity contribution in [3.8, 4) is 12.5 Å². The number of nitrogens with one attached hydrogen (secondary N) is 2. The summed E-state index contributed by atoms with van der Waals surface area (Å²) in [5.74, 6) is -1.59. The molecule has 9 nitrogen and oxygen atoms in total. The summed E-state index contributed by atoms with van der Waals surface area (Å²) >= 11 is 0. The molecule has 0 fully saturated rings. The fraction of sp³-hybridized carbons (Fsp3) is 0.571. The highest BCUT2D eigenvalue weighted by molar-refractivity contribution is 5.93. The minimum Gasteiger partial charge on any atom is -0.466 e. The van der Waals surface area contributed by atoms with Gasteiger partial charge in [-0.3, -0.25) is 19.3 Å². The van der Waals surface area contributed by atoms with Gasteiger partial charge in [-0.25, -0.2) is 4.79 Å². The highest BCUT2D eigenvalue weighted by Crippen LogP contribution is 2.25. The second-order valence-electron chi connectivity index (χ2n) is 10.3. The van der Waals surface area contributed by atoms with Crippen LogP contribution in [-0.4, -0.2) is 53.6 Å². The van der Waals surface area contributed by atoms with Gasteiger partial charge in [-0.05, 0) is 59.4 Å². The van der Waals surface area contributed by atoms with Crippen molar-refractivity contribution in [1.29, 1.82) is 0 Å². The van der Waals surface area contributed by atoms with Crippen LogP contribution in [0.15, 0.2) is 18.2 Å². The molecule has 1 aromatic carbocycles. The third-order valence-electron chi connectivity index (χ3n) is 5.07. The number of rotatable bonds is 11. The number of aryl methyl sites for hydroxylation is 2. The Labute approximate surface area is 220 Å². The zero-order chi connectivity index (χ0) is 28.3. The Morgan fingerprint density at radius 2 is 1.68 bits per heavy atom. The van der Waals surface area contributed by atoms with Crippen molar-refractivity contribution in [2.75, 3.05) is 13.2 Å². The minimum absolute atomic E-state index is 0.0111. The number of hydrogen-bond donors (Lipinski definition) is 2. The normalized spacial score (nSPS) is 12.6. The van der Waals surface area contributed by atoms with Gasteiger partial charge in [-0.15, -0.1) is 0 Å². The maximum atomic E-state index is 13.7. The van der Waals surface area contributed by atoms with Gasteiger partial charge in [0.1, 0.15) is 17.7 Å². The number of terminal acetylenes is 1. The summed E-state index contributed by atoms with van der Waals surface area (Å²) in [5, 5.41) is 5.31. The maximum Gasteiger partial charge on any atom is 0.408 e. The molecule has 0 bridgehead atoms. The van der Waals surface area contributed by atoms with Crippen LogP contribution in [0.3, 0.4) is 0 Å².